The van der Waals surface area contributed by atoms with E-state index in [0.29, 0.717) is 25.8 Å². The van der Waals surface area contributed by atoms with Crippen LogP contribution in [0.1, 0.15) is 32.6 Å². The Bertz CT molecular complexity index is 392. The Hall–Kier alpha value is -0.670. The quantitative estimate of drug-likeness (QED) is 0.390. The van der Waals surface area contributed by atoms with Crippen molar-refractivity contribution in [3.8, 4) is 0 Å². The molecule has 2 aliphatic rings. The minimum Gasteiger partial charge on any atom is -0.395 e. The highest BCUT2D eigenvalue weighted by Gasteiger charge is 2.31. The van der Waals surface area contributed by atoms with E-state index >= 15 is 0 Å². The van der Waals surface area contributed by atoms with Crippen molar-refractivity contribution in [2.75, 3.05) is 13.2 Å². The van der Waals surface area contributed by atoms with E-state index in [1.807, 2.05) is 6.92 Å². The van der Waals surface area contributed by atoms with Gasteiger partial charge in [0, 0.05) is 18.6 Å². The highest BCUT2D eigenvalue weighted by atomic mass is 35.5. The van der Waals surface area contributed by atoms with Crippen molar-refractivity contribution in [2.45, 2.75) is 68.7 Å². The lowest BCUT2D eigenvalue weighted by Crippen LogP contribution is -2.68. The minimum absolute atomic E-state index is 0.0119. The summed E-state index contributed by atoms with van der Waals surface area (Å²) in [6.45, 7) is 2.59. The molecule has 9 heteroatoms. The molecular formula is C14H27ClFN5O2. The number of rotatable bonds is 5. The summed E-state index contributed by atoms with van der Waals surface area (Å²) in [4.78, 5) is 12.1. The largest absolute Gasteiger partial charge is 0.395 e. The molecule has 23 heavy (non-hydrogen) atoms. The van der Waals surface area contributed by atoms with Crippen LogP contribution >= 0.6 is 11.6 Å². The number of carbonyl (C=O) groups excluding carboxylic acids is 1. The maximum absolute atomic E-state index is 13.3. The number of carbonyl (C=O) groups is 1. The van der Waals surface area contributed by atoms with Crippen molar-refractivity contribution < 1.29 is 14.3 Å². The fourth-order valence-corrected chi connectivity index (χ4v) is 3.40. The summed E-state index contributed by atoms with van der Waals surface area (Å²) < 4.78 is 13.3. The van der Waals surface area contributed by atoms with Gasteiger partial charge in [-0.15, -0.1) is 11.6 Å². The molecular weight excluding hydrogens is 325 g/mol. The lowest BCUT2D eigenvalue weighted by molar-refractivity contribution is 0.175. The summed E-state index contributed by atoms with van der Waals surface area (Å²) in [5.41, 5.74) is 0. The van der Waals surface area contributed by atoms with Crippen LogP contribution < -0.4 is 26.6 Å². The van der Waals surface area contributed by atoms with Gasteiger partial charge in [-0.05, 0) is 32.6 Å². The molecule has 7 nitrogen and oxygen atoms in total. The summed E-state index contributed by atoms with van der Waals surface area (Å²) in [6, 6.07) is -0.197. The van der Waals surface area contributed by atoms with E-state index in [1.165, 1.54) is 0 Å². The second-order valence-electron chi connectivity index (χ2n) is 6.29. The van der Waals surface area contributed by atoms with Crippen molar-refractivity contribution >= 4 is 17.6 Å². The molecule has 134 valence electrons. The lowest BCUT2D eigenvalue weighted by Gasteiger charge is -2.37. The summed E-state index contributed by atoms with van der Waals surface area (Å²) in [6.07, 6.45) is 0.909. The Morgan fingerprint density at radius 1 is 1.30 bits per heavy atom. The molecule has 0 radical (unpaired) electrons. The van der Waals surface area contributed by atoms with Gasteiger partial charge in [-0.2, -0.15) is 0 Å². The fraction of sp³-hybridized carbons (Fsp3) is 0.929. The van der Waals surface area contributed by atoms with E-state index in [2.05, 4.69) is 26.6 Å². The van der Waals surface area contributed by atoms with E-state index in [-0.39, 0.29) is 37.2 Å². The van der Waals surface area contributed by atoms with E-state index in [1.54, 1.807) is 0 Å². The van der Waals surface area contributed by atoms with Crippen LogP contribution in [0.2, 0.25) is 0 Å². The zero-order valence-corrected chi connectivity index (χ0v) is 14.1. The predicted octanol–water partition coefficient (Wildman–Crippen LogP) is -0.0534. The molecule has 6 N–H and O–H groups in total. The van der Waals surface area contributed by atoms with E-state index in [9.17, 15) is 9.18 Å². The molecule has 0 spiro atoms. The Morgan fingerprint density at radius 3 is 2.78 bits per heavy atom. The van der Waals surface area contributed by atoms with Gasteiger partial charge in [-0.3, -0.25) is 16.0 Å². The summed E-state index contributed by atoms with van der Waals surface area (Å²) in [5.74, 6) is 0. The van der Waals surface area contributed by atoms with Crippen LogP contribution in [0.3, 0.4) is 0 Å². The van der Waals surface area contributed by atoms with Crippen LogP contribution in [0.5, 0.6) is 0 Å². The Labute approximate surface area is 141 Å². The maximum atomic E-state index is 13.3. The molecule has 1 aliphatic heterocycles. The number of halogens is 2. The molecule has 1 saturated heterocycles. The lowest BCUT2D eigenvalue weighted by atomic mass is 9.93. The summed E-state index contributed by atoms with van der Waals surface area (Å²) >= 11 is 5.92. The van der Waals surface area contributed by atoms with E-state index in [0.717, 1.165) is 6.42 Å². The third-order valence-electron chi connectivity index (χ3n) is 4.21. The van der Waals surface area contributed by atoms with Gasteiger partial charge in [-0.1, -0.05) is 0 Å². The van der Waals surface area contributed by atoms with E-state index < -0.39 is 11.5 Å². The van der Waals surface area contributed by atoms with Crippen molar-refractivity contribution in [1.29, 1.82) is 0 Å². The first-order valence-corrected chi connectivity index (χ1v) is 8.63. The second-order valence-corrected chi connectivity index (χ2v) is 6.85. The predicted molar refractivity (Wildman–Crippen MR) is 86.9 cm³/mol. The van der Waals surface area contributed by atoms with Crippen LogP contribution in [-0.2, 0) is 0 Å². The molecule has 6 unspecified atom stereocenters. The van der Waals surface area contributed by atoms with Gasteiger partial charge < -0.3 is 15.7 Å². The molecule has 0 aromatic heterocycles. The first-order valence-electron chi connectivity index (χ1n) is 8.19. The normalized spacial score (nSPS) is 38.1. The Morgan fingerprint density at radius 2 is 2.09 bits per heavy atom. The fourth-order valence-electron chi connectivity index (χ4n) is 3.06. The SMILES string of the molecule is CC1CC(NCCO)NC(NC(=O)NC2CCC(F)C(Cl)C2)N1. The molecule has 0 bridgehead atoms. The number of aliphatic hydroxyl groups is 1. The first-order chi connectivity index (χ1) is 11.0. The zero-order valence-electron chi connectivity index (χ0n) is 13.3. The number of urea groups is 1. The number of aliphatic hydroxyl groups excluding tert-OH is 1. The smallest absolute Gasteiger partial charge is 0.317 e. The third kappa shape index (κ3) is 6.04. The molecule has 0 aromatic carbocycles. The van der Waals surface area contributed by atoms with Crippen LogP contribution in [0.15, 0.2) is 0 Å². The third-order valence-corrected chi connectivity index (χ3v) is 4.67. The van der Waals surface area contributed by atoms with Gasteiger partial charge in [0.05, 0.1) is 18.1 Å². The molecule has 0 aromatic rings. The van der Waals surface area contributed by atoms with Gasteiger partial charge in [0.2, 0.25) is 0 Å². The Balaban J connectivity index is 1.75. The number of nitrogens with one attached hydrogen (secondary N) is 5. The van der Waals surface area contributed by atoms with Crippen molar-refractivity contribution in [2.24, 2.45) is 0 Å². The Kier molecular flexibility index (Phi) is 7.29. The number of alkyl halides is 2. The standard InChI is InChI=1S/C14H27ClFN5O2/c1-8-6-12(17-4-5-22)20-13(18-8)21-14(23)19-9-2-3-11(16)10(15)7-9/h8-13,17-18,20,22H,2-7H2,1H3,(H2,19,21,23). The minimum atomic E-state index is -0.987. The van der Waals surface area contributed by atoms with Crippen molar-refractivity contribution in [3.05, 3.63) is 0 Å². The van der Waals surface area contributed by atoms with Crippen molar-refractivity contribution in [1.82, 2.24) is 26.6 Å². The maximum Gasteiger partial charge on any atom is 0.317 e. The average Bonchev–Trinajstić information content (AvgIpc) is 2.48. The molecule has 1 heterocycles. The molecule has 1 saturated carbocycles. The van der Waals surface area contributed by atoms with Crippen LogP contribution in [0.4, 0.5) is 9.18 Å². The average molecular weight is 352 g/mol. The van der Waals surface area contributed by atoms with Crippen LogP contribution in [-0.4, -0.2) is 60.4 Å². The van der Waals surface area contributed by atoms with Crippen LogP contribution in [0.25, 0.3) is 0 Å². The van der Waals surface area contributed by atoms with Crippen molar-refractivity contribution in [3.63, 3.8) is 0 Å². The molecule has 2 amide bonds. The number of amides is 2. The van der Waals surface area contributed by atoms with Gasteiger partial charge in [-0.25, -0.2) is 9.18 Å². The van der Waals surface area contributed by atoms with Crippen LogP contribution in [0, 0.1) is 0 Å². The molecule has 6 atom stereocenters. The molecule has 2 rings (SSSR count). The van der Waals surface area contributed by atoms with Gasteiger partial charge in [0.25, 0.3) is 0 Å². The summed E-state index contributed by atoms with van der Waals surface area (Å²) in [5, 5.41) is 23.6. The molecule has 1 aliphatic carbocycles. The number of hydrogen-bond acceptors (Lipinski definition) is 5. The van der Waals surface area contributed by atoms with Gasteiger partial charge >= 0.3 is 6.03 Å². The second kappa shape index (κ2) is 8.98. The highest BCUT2D eigenvalue weighted by molar-refractivity contribution is 6.21. The molecule has 2 fully saturated rings. The van der Waals surface area contributed by atoms with Gasteiger partial charge in [0.15, 0.2) is 0 Å². The highest BCUT2D eigenvalue weighted by Crippen LogP contribution is 2.25. The van der Waals surface area contributed by atoms with E-state index in [4.69, 9.17) is 16.7 Å². The first kappa shape index (κ1) is 18.7. The monoisotopic (exact) mass is 351 g/mol. The topological polar surface area (TPSA) is 97.5 Å². The zero-order chi connectivity index (χ0) is 16.8. The summed E-state index contributed by atoms with van der Waals surface area (Å²) in [7, 11) is 0. The van der Waals surface area contributed by atoms with Gasteiger partial charge in [0.1, 0.15) is 12.5 Å². The number of hydrogen-bond donors (Lipinski definition) is 6.